The first-order valence-corrected chi connectivity index (χ1v) is 7.69. The zero-order chi connectivity index (χ0) is 15.1. The van der Waals surface area contributed by atoms with Gasteiger partial charge in [0.2, 0.25) is 0 Å². The molecule has 0 bridgehead atoms. The van der Waals surface area contributed by atoms with E-state index in [1.807, 2.05) is 32.0 Å². The number of rotatable bonds is 2. The number of alkyl halides is 1. The van der Waals surface area contributed by atoms with Crippen LogP contribution in [0, 0.1) is 13.8 Å². The Labute approximate surface area is 134 Å². The standard InChI is InChI=1S/C17H16Cl2N2/c1-10-7-8-13(19)15(9-10)21-14-6-4-5-11(2)16(14)20-17(21)12(3)18/h4-9,12H,1-3H3. The molecule has 2 aromatic carbocycles. The highest BCUT2D eigenvalue weighted by Gasteiger charge is 2.18. The maximum Gasteiger partial charge on any atom is 0.132 e. The van der Waals surface area contributed by atoms with Gasteiger partial charge in [-0.25, -0.2) is 4.98 Å². The number of halogens is 2. The SMILES string of the molecule is Cc1ccc(Cl)c(-n2c(C(C)Cl)nc3c(C)cccc32)c1. The molecule has 0 saturated heterocycles. The summed E-state index contributed by atoms with van der Waals surface area (Å²) in [4.78, 5) is 4.73. The molecule has 3 rings (SSSR count). The lowest BCUT2D eigenvalue weighted by Crippen LogP contribution is -2.03. The average Bonchev–Trinajstić information content (AvgIpc) is 2.82. The summed E-state index contributed by atoms with van der Waals surface area (Å²) in [6.07, 6.45) is 0. The number of nitrogens with zero attached hydrogens (tertiary/aromatic N) is 2. The van der Waals surface area contributed by atoms with E-state index in [0.29, 0.717) is 5.02 Å². The van der Waals surface area contributed by atoms with Crippen molar-refractivity contribution in [3.63, 3.8) is 0 Å². The zero-order valence-corrected chi connectivity index (χ0v) is 13.7. The molecule has 4 heteroatoms. The summed E-state index contributed by atoms with van der Waals surface area (Å²) in [5, 5.41) is 0.494. The predicted octanol–water partition coefficient (Wildman–Crippen LogP) is 5.60. The van der Waals surface area contributed by atoms with E-state index in [-0.39, 0.29) is 5.38 Å². The molecular weight excluding hydrogens is 303 g/mol. The summed E-state index contributed by atoms with van der Waals surface area (Å²) < 4.78 is 2.06. The summed E-state index contributed by atoms with van der Waals surface area (Å²) in [6.45, 7) is 6.03. The smallest absolute Gasteiger partial charge is 0.132 e. The van der Waals surface area contributed by atoms with Crippen LogP contribution in [0.15, 0.2) is 36.4 Å². The van der Waals surface area contributed by atoms with E-state index in [2.05, 4.69) is 29.7 Å². The average molecular weight is 319 g/mol. The van der Waals surface area contributed by atoms with Crippen molar-refractivity contribution in [1.82, 2.24) is 9.55 Å². The summed E-state index contributed by atoms with van der Waals surface area (Å²) in [5.41, 5.74) is 5.21. The second-order valence-electron chi connectivity index (χ2n) is 5.32. The van der Waals surface area contributed by atoms with Crippen molar-refractivity contribution in [3.05, 3.63) is 58.4 Å². The van der Waals surface area contributed by atoms with Crippen LogP contribution in [0.1, 0.15) is 29.3 Å². The second kappa shape index (κ2) is 5.36. The van der Waals surface area contributed by atoms with Crippen LogP contribution in [0.2, 0.25) is 5.02 Å². The van der Waals surface area contributed by atoms with Gasteiger partial charge in [0.15, 0.2) is 0 Å². The number of hydrogen-bond acceptors (Lipinski definition) is 1. The van der Waals surface area contributed by atoms with E-state index in [9.17, 15) is 0 Å². The number of para-hydroxylation sites is 1. The molecule has 1 atom stereocenters. The topological polar surface area (TPSA) is 17.8 Å². The van der Waals surface area contributed by atoms with Crippen LogP contribution in [0.25, 0.3) is 16.7 Å². The summed E-state index contributed by atoms with van der Waals surface area (Å²) in [7, 11) is 0. The Kier molecular flexibility index (Phi) is 3.68. The molecule has 1 aromatic heterocycles. The van der Waals surface area contributed by atoms with E-state index < -0.39 is 0 Å². The summed E-state index contributed by atoms with van der Waals surface area (Å²) in [5.74, 6) is 0.813. The van der Waals surface area contributed by atoms with Gasteiger partial charge in [-0.15, -0.1) is 11.6 Å². The number of benzene rings is 2. The molecule has 0 fully saturated rings. The van der Waals surface area contributed by atoms with E-state index in [1.54, 1.807) is 0 Å². The lowest BCUT2D eigenvalue weighted by molar-refractivity contribution is 0.882. The van der Waals surface area contributed by atoms with Gasteiger partial charge in [0.1, 0.15) is 5.82 Å². The van der Waals surface area contributed by atoms with Crippen LogP contribution in [0.3, 0.4) is 0 Å². The van der Waals surface area contributed by atoms with Crippen molar-refractivity contribution < 1.29 is 0 Å². The molecule has 108 valence electrons. The highest BCUT2D eigenvalue weighted by molar-refractivity contribution is 6.32. The van der Waals surface area contributed by atoms with Crippen LogP contribution in [-0.4, -0.2) is 9.55 Å². The van der Waals surface area contributed by atoms with Crippen LogP contribution in [-0.2, 0) is 0 Å². The Morgan fingerprint density at radius 2 is 1.90 bits per heavy atom. The lowest BCUT2D eigenvalue weighted by atomic mass is 10.2. The van der Waals surface area contributed by atoms with Crippen molar-refractivity contribution in [2.45, 2.75) is 26.1 Å². The first-order chi connectivity index (χ1) is 9.99. The number of hydrogen-bond donors (Lipinski definition) is 0. The molecule has 0 amide bonds. The monoisotopic (exact) mass is 318 g/mol. The second-order valence-corrected chi connectivity index (χ2v) is 6.38. The van der Waals surface area contributed by atoms with Crippen molar-refractivity contribution in [2.75, 3.05) is 0 Å². The fourth-order valence-electron chi connectivity index (χ4n) is 2.57. The number of aromatic nitrogens is 2. The Morgan fingerprint density at radius 3 is 2.62 bits per heavy atom. The van der Waals surface area contributed by atoms with Crippen molar-refractivity contribution in [3.8, 4) is 5.69 Å². The van der Waals surface area contributed by atoms with Gasteiger partial charge in [0, 0.05) is 0 Å². The molecule has 2 nitrogen and oxygen atoms in total. The van der Waals surface area contributed by atoms with Gasteiger partial charge in [-0.05, 0) is 50.1 Å². The fourth-order valence-corrected chi connectivity index (χ4v) is 2.92. The minimum absolute atomic E-state index is 0.201. The normalized spacial score (nSPS) is 12.8. The Bertz CT molecular complexity index is 819. The van der Waals surface area contributed by atoms with Gasteiger partial charge in [0.25, 0.3) is 0 Å². The minimum Gasteiger partial charge on any atom is -0.294 e. The molecule has 0 aliphatic rings. The molecular formula is C17H16Cl2N2. The van der Waals surface area contributed by atoms with E-state index in [0.717, 1.165) is 33.7 Å². The first kappa shape index (κ1) is 14.4. The van der Waals surface area contributed by atoms with Crippen LogP contribution in [0.5, 0.6) is 0 Å². The number of imidazole rings is 1. The van der Waals surface area contributed by atoms with E-state index in [1.165, 1.54) is 0 Å². The van der Waals surface area contributed by atoms with Gasteiger partial charge in [-0.2, -0.15) is 0 Å². The zero-order valence-electron chi connectivity index (χ0n) is 12.2. The van der Waals surface area contributed by atoms with Crippen LogP contribution >= 0.6 is 23.2 Å². The van der Waals surface area contributed by atoms with E-state index in [4.69, 9.17) is 28.2 Å². The molecule has 1 unspecified atom stereocenters. The number of fused-ring (bicyclic) bond motifs is 1. The van der Waals surface area contributed by atoms with Gasteiger partial charge in [-0.3, -0.25) is 4.57 Å². The van der Waals surface area contributed by atoms with Crippen molar-refractivity contribution in [2.24, 2.45) is 0 Å². The lowest BCUT2D eigenvalue weighted by Gasteiger charge is -2.13. The first-order valence-electron chi connectivity index (χ1n) is 6.87. The Hall–Kier alpha value is -1.51. The fraction of sp³-hybridized carbons (Fsp3) is 0.235. The number of aryl methyl sites for hydroxylation is 2. The molecule has 0 aliphatic heterocycles. The maximum atomic E-state index is 6.41. The molecule has 3 aromatic rings. The minimum atomic E-state index is -0.201. The van der Waals surface area contributed by atoms with E-state index >= 15 is 0 Å². The molecule has 21 heavy (non-hydrogen) atoms. The largest absolute Gasteiger partial charge is 0.294 e. The maximum absolute atomic E-state index is 6.41. The molecule has 0 radical (unpaired) electrons. The third kappa shape index (κ3) is 2.43. The van der Waals surface area contributed by atoms with Crippen molar-refractivity contribution >= 4 is 34.2 Å². The molecule has 0 saturated carbocycles. The third-order valence-electron chi connectivity index (χ3n) is 3.61. The van der Waals surface area contributed by atoms with Gasteiger partial charge in [0.05, 0.1) is 27.1 Å². The van der Waals surface area contributed by atoms with Crippen LogP contribution in [0.4, 0.5) is 0 Å². The molecule has 0 aliphatic carbocycles. The molecule has 0 spiro atoms. The highest BCUT2D eigenvalue weighted by atomic mass is 35.5. The van der Waals surface area contributed by atoms with Crippen molar-refractivity contribution in [1.29, 1.82) is 0 Å². The summed E-state index contributed by atoms with van der Waals surface area (Å²) in [6, 6.07) is 12.1. The Morgan fingerprint density at radius 1 is 1.14 bits per heavy atom. The van der Waals surface area contributed by atoms with Gasteiger partial charge < -0.3 is 0 Å². The molecule has 0 N–H and O–H groups in total. The molecule has 1 heterocycles. The van der Waals surface area contributed by atoms with Gasteiger partial charge >= 0.3 is 0 Å². The quantitative estimate of drug-likeness (QED) is 0.563. The van der Waals surface area contributed by atoms with Gasteiger partial charge in [-0.1, -0.05) is 29.8 Å². The Balaban J connectivity index is 2.42. The summed E-state index contributed by atoms with van der Waals surface area (Å²) >= 11 is 12.8. The highest BCUT2D eigenvalue weighted by Crippen LogP contribution is 2.32. The van der Waals surface area contributed by atoms with Crippen LogP contribution < -0.4 is 0 Å². The predicted molar refractivity (Wildman–Crippen MR) is 89.8 cm³/mol. The third-order valence-corrected chi connectivity index (χ3v) is 4.13.